The van der Waals surface area contributed by atoms with Gasteiger partial charge in [-0.1, -0.05) is 48.4 Å². The van der Waals surface area contributed by atoms with E-state index in [1.165, 1.54) is 0 Å². The average molecular weight is 361 g/mol. The Morgan fingerprint density at radius 1 is 1.04 bits per heavy atom. The molecule has 1 atom stereocenters. The molecule has 132 valence electrons. The zero-order valence-corrected chi connectivity index (χ0v) is 15.0. The summed E-state index contributed by atoms with van der Waals surface area (Å²) in [5.41, 5.74) is 6.73. The number of nitrogens with one attached hydrogen (secondary N) is 2. The predicted octanol–water partition coefficient (Wildman–Crippen LogP) is 3.20. The SMILES string of the molecule is CCC(Oc1ccc(C)cc1)C(=O)NNC(=O)Cc1ccc(Cl)cc1. The molecule has 5 nitrogen and oxygen atoms in total. The Morgan fingerprint density at radius 3 is 2.28 bits per heavy atom. The van der Waals surface area contributed by atoms with E-state index in [0.717, 1.165) is 11.1 Å². The van der Waals surface area contributed by atoms with Crippen molar-refractivity contribution in [3.63, 3.8) is 0 Å². The lowest BCUT2D eigenvalue weighted by molar-refractivity contribution is -0.133. The van der Waals surface area contributed by atoms with Crippen LogP contribution in [0.5, 0.6) is 5.75 Å². The summed E-state index contributed by atoms with van der Waals surface area (Å²) < 4.78 is 5.67. The molecule has 2 N–H and O–H groups in total. The van der Waals surface area contributed by atoms with Crippen molar-refractivity contribution in [2.45, 2.75) is 32.8 Å². The third-order valence-corrected chi connectivity index (χ3v) is 3.82. The van der Waals surface area contributed by atoms with E-state index in [1.807, 2.05) is 38.1 Å². The van der Waals surface area contributed by atoms with E-state index < -0.39 is 12.0 Å². The summed E-state index contributed by atoms with van der Waals surface area (Å²) in [5, 5.41) is 0.608. The van der Waals surface area contributed by atoms with Crippen molar-refractivity contribution in [3.05, 3.63) is 64.7 Å². The van der Waals surface area contributed by atoms with E-state index in [1.54, 1.807) is 24.3 Å². The van der Waals surface area contributed by atoms with E-state index in [4.69, 9.17) is 16.3 Å². The van der Waals surface area contributed by atoms with Crippen LogP contribution in [0.3, 0.4) is 0 Å². The van der Waals surface area contributed by atoms with Crippen molar-refractivity contribution < 1.29 is 14.3 Å². The number of carbonyl (C=O) groups is 2. The number of hydrogen-bond acceptors (Lipinski definition) is 3. The molecule has 0 aliphatic rings. The molecule has 0 radical (unpaired) electrons. The molecule has 0 aliphatic carbocycles. The van der Waals surface area contributed by atoms with Gasteiger partial charge in [-0.25, -0.2) is 0 Å². The standard InChI is InChI=1S/C19H21ClN2O3/c1-3-17(25-16-10-4-13(2)5-11-16)19(24)22-21-18(23)12-14-6-8-15(20)9-7-14/h4-11,17H,3,12H2,1-2H3,(H,21,23)(H,22,24). The lowest BCUT2D eigenvalue weighted by atomic mass is 10.1. The quantitative estimate of drug-likeness (QED) is 0.777. The monoisotopic (exact) mass is 360 g/mol. The van der Waals surface area contributed by atoms with Crippen LogP contribution in [0.4, 0.5) is 0 Å². The Labute approximate surface area is 152 Å². The van der Waals surface area contributed by atoms with Crippen LogP contribution in [0.1, 0.15) is 24.5 Å². The summed E-state index contributed by atoms with van der Waals surface area (Å²) in [6.07, 6.45) is -0.0571. The van der Waals surface area contributed by atoms with Crippen LogP contribution < -0.4 is 15.6 Å². The molecule has 0 fully saturated rings. The van der Waals surface area contributed by atoms with Gasteiger partial charge in [-0.3, -0.25) is 20.4 Å². The van der Waals surface area contributed by atoms with Gasteiger partial charge in [0.25, 0.3) is 5.91 Å². The van der Waals surface area contributed by atoms with Gasteiger partial charge in [-0.05, 0) is 43.2 Å². The van der Waals surface area contributed by atoms with Crippen molar-refractivity contribution in [2.24, 2.45) is 0 Å². The van der Waals surface area contributed by atoms with Crippen molar-refractivity contribution >= 4 is 23.4 Å². The van der Waals surface area contributed by atoms with Gasteiger partial charge in [0.1, 0.15) is 5.75 Å². The molecule has 25 heavy (non-hydrogen) atoms. The van der Waals surface area contributed by atoms with Gasteiger partial charge in [-0.2, -0.15) is 0 Å². The Kier molecular flexibility index (Phi) is 6.83. The third kappa shape index (κ3) is 6.12. The van der Waals surface area contributed by atoms with Gasteiger partial charge >= 0.3 is 0 Å². The number of amides is 2. The molecule has 1 unspecified atom stereocenters. The molecular formula is C19H21ClN2O3. The average Bonchev–Trinajstić information content (AvgIpc) is 2.61. The Bertz CT molecular complexity index is 714. The summed E-state index contributed by atoms with van der Waals surface area (Å²) in [6.45, 7) is 3.82. The smallest absolute Gasteiger partial charge is 0.279 e. The maximum absolute atomic E-state index is 12.2. The Morgan fingerprint density at radius 2 is 1.68 bits per heavy atom. The van der Waals surface area contributed by atoms with Crippen molar-refractivity contribution in [3.8, 4) is 5.75 Å². The first-order valence-corrected chi connectivity index (χ1v) is 8.42. The van der Waals surface area contributed by atoms with Crippen LogP contribution in [0.15, 0.2) is 48.5 Å². The highest BCUT2D eigenvalue weighted by molar-refractivity contribution is 6.30. The number of ether oxygens (including phenoxy) is 1. The maximum Gasteiger partial charge on any atom is 0.279 e. The lowest BCUT2D eigenvalue weighted by Gasteiger charge is -2.17. The summed E-state index contributed by atoms with van der Waals surface area (Å²) >= 11 is 5.81. The summed E-state index contributed by atoms with van der Waals surface area (Å²) in [4.78, 5) is 24.1. The van der Waals surface area contributed by atoms with Crippen molar-refractivity contribution in [1.29, 1.82) is 0 Å². The van der Waals surface area contributed by atoms with E-state index in [-0.39, 0.29) is 12.3 Å². The van der Waals surface area contributed by atoms with E-state index in [9.17, 15) is 9.59 Å². The van der Waals surface area contributed by atoms with Crippen LogP contribution in [-0.4, -0.2) is 17.9 Å². The molecule has 6 heteroatoms. The molecule has 0 saturated heterocycles. The van der Waals surface area contributed by atoms with Crippen LogP contribution in [0.2, 0.25) is 5.02 Å². The van der Waals surface area contributed by atoms with Crippen LogP contribution in [-0.2, 0) is 16.0 Å². The fourth-order valence-corrected chi connectivity index (χ4v) is 2.27. The molecule has 0 aromatic heterocycles. The topological polar surface area (TPSA) is 67.4 Å². The van der Waals surface area contributed by atoms with Gasteiger partial charge in [0.2, 0.25) is 5.91 Å². The first-order chi connectivity index (χ1) is 12.0. The minimum absolute atomic E-state index is 0.146. The van der Waals surface area contributed by atoms with Crippen LogP contribution in [0.25, 0.3) is 0 Å². The van der Waals surface area contributed by atoms with Gasteiger partial charge in [0, 0.05) is 5.02 Å². The molecule has 0 saturated carbocycles. The molecule has 2 aromatic rings. The van der Waals surface area contributed by atoms with Gasteiger partial charge in [0.05, 0.1) is 6.42 Å². The van der Waals surface area contributed by atoms with Crippen molar-refractivity contribution in [1.82, 2.24) is 10.9 Å². The Balaban J connectivity index is 1.83. The molecule has 2 aromatic carbocycles. The second-order valence-electron chi connectivity index (χ2n) is 5.67. The molecule has 0 heterocycles. The third-order valence-electron chi connectivity index (χ3n) is 3.57. The molecular weight excluding hydrogens is 340 g/mol. The van der Waals surface area contributed by atoms with E-state index in [2.05, 4.69) is 10.9 Å². The predicted molar refractivity (Wildman–Crippen MR) is 97.3 cm³/mol. The van der Waals surface area contributed by atoms with Crippen LogP contribution >= 0.6 is 11.6 Å². The normalized spacial score (nSPS) is 11.5. The second kappa shape index (κ2) is 9.08. The maximum atomic E-state index is 12.2. The van der Waals surface area contributed by atoms with Crippen LogP contribution in [0, 0.1) is 6.92 Å². The number of aryl methyl sites for hydroxylation is 1. The summed E-state index contributed by atoms with van der Waals surface area (Å²) in [5.74, 6) is -0.103. The fraction of sp³-hybridized carbons (Fsp3) is 0.263. The minimum Gasteiger partial charge on any atom is -0.481 e. The summed E-state index contributed by atoms with van der Waals surface area (Å²) in [7, 11) is 0. The number of hydrazine groups is 1. The largest absolute Gasteiger partial charge is 0.481 e. The highest BCUT2D eigenvalue weighted by atomic mass is 35.5. The fourth-order valence-electron chi connectivity index (χ4n) is 2.15. The molecule has 2 amide bonds. The van der Waals surface area contributed by atoms with E-state index in [0.29, 0.717) is 17.2 Å². The molecule has 0 aliphatic heterocycles. The van der Waals surface area contributed by atoms with Crippen molar-refractivity contribution in [2.75, 3.05) is 0 Å². The second-order valence-corrected chi connectivity index (χ2v) is 6.10. The number of carbonyl (C=O) groups excluding carboxylic acids is 2. The number of hydrogen-bond donors (Lipinski definition) is 2. The minimum atomic E-state index is -0.682. The highest BCUT2D eigenvalue weighted by Crippen LogP contribution is 2.14. The highest BCUT2D eigenvalue weighted by Gasteiger charge is 2.19. The molecule has 2 rings (SSSR count). The lowest BCUT2D eigenvalue weighted by Crippen LogP contribution is -2.48. The first kappa shape index (κ1) is 18.8. The van der Waals surface area contributed by atoms with Gasteiger partial charge in [0.15, 0.2) is 6.10 Å². The van der Waals surface area contributed by atoms with Gasteiger partial charge in [-0.15, -0.1) is 0 Å². The zero-order valence-electron chi connectivity index (χ0n) is 14.2. The molecule has 0 bridgehead atoms. The molecule has 0 spiro atoms. The zero-order chi connectivity index (χ0) is 18.2. The summed E-state index contributed by atoms with van der Waals surface area (Å²) in [6, 6.07) is 14.4. The Hall–Kier alpha value is -2.53. The van der Waals surface area contributed by atoms with E-state index >= 15 is 0 Å². The first-order valence-electron chi connectivity index (χ1n) is 8.04. The number of benzene rings is 2. The number of rotatable bonds is 6. The van der Waals surface area contributed by atoms with Gasteiger partial charge < -0.3 is 4.74 Å². The number of halogens is 1.